The molecule has 0 atom stereocenters. The highest BCUT2D eigenvalue weighted by Crippen LogP contribution is 2.26. The Bertz CT molecular complexity index is 999. The second-order valence-corrected chi connectivity index (χ2v) is 8.49. The van der Waals surface area contributed by atoms with Crippen LogP contribution in [0, 0.1) is 0 Å². The van der Waals surface area contributed by atoms with Crippen LogP contribution in [0.25, 0.3) is 6.08 Å². The summed E-state index contributed by atoms with van der Waals surface area (Å²) in [5, 5.41) is 9.01. The molecule has 0 aromatic heterocycles. The number of aryl methyl sites for hydroxylation is 1. The van der Waals surface area contributed by atoms with E-state index in [4.69, 9.17) is 14.6 Å². The summed E-state index contributed by atoms with van der Waals surface area (Å²) in [7, 11) is 0. The van der Waals surface area contributed by atoms with Crippen LogP contribution in [0.15, 0.2) is 60.2 Å². The van der Waals surface area contributed by atoms with Crippen molar-refractivity contribution in [1.29, 1.82) is 0 Å². The molecule has 1 N–H and O–H groups in total. The largest absolute Gasteiger partial charge is 0.489 e. The molecule has 0 amide bonds. The van der Waals surface area contributed by atoms with Gasteiger partial charge in [-0.1, -0.05) is 68.5 Å². The minimum atomic E-state index is -1.11. The van der Waals surface area contributed by atoms with E-state index in [0.29, 0.717) is 17.9 Å². The number of unbranched alkanes of at least 4 members (excludes halogenated alkanes) is 4. The van der Waals surface area contributed by atoms with Crippen molar-refractivity contribution in [3.05, 3.63) is 76.9 Å². The van der Waals surface area contributed by atoms with Crippen LogP contribution in [0.3, 0.4) is 0 Å². The van der Waals surface area contributed by atoms with Gasteiger partial charge in [0, 0.05) is 6.07 Å². The first-order chi connectivity index (χ1) is 16.4. The Morgan fingerprint density at radius 3 is 2.47 bits per heavy atom. The van der Waals surface area contributed by atoms with Gasteiger partial charge in [-0.15, -0.1) is 0 Å². The van der Waals surface area contributed by atoms with Gasteiger partial charge in [0.25, 0.3) is 0 Å². The summed E-state index contributed by atoms with van der Waals surface area (Å²) < 4.78 is 11.1. The molecular formula is C29H36O5. The Balaban J connectivity index is 2.16. The van der Waals surface area contributed by atoms with Crippen molar-refractivity contribution < 1.29 is 24.2 Å². The quantitative estimate of drug-likeness (QED) is 0.134. The number of carbonyl (C=O) groups excluding carboxylic acids is 1. The summed E-state index contributed by atoms with van der Waals surface area (Å²) in [6.45, 7) is 6.00. The Labute approximate surface area is 203 Å². The molecule has 0 saturated heterocycles. The van der Waals surface area contributed by atoms with E-state index in [9.17, 15) is 9.59 Å². The molecule has 34 heavy (non-hydrogen) atoms. The highest BCUT2D eigenvalue weighted by molar-refractivity contribution is 6.08. The molecular weight excluding hydrogens is 428 g/mol. The number of rotatable bonds is 15. The van der Waals surface area contributed by atoms with Gasteiger partial charge in [0.15, 0.2) is 12.4 Å². The van der Waals surface area contributed by atoms with Gasteiger partial charge in [0.2, 0.25) is 0 Å². The standard InChI is InChI=1S/C29H36O5/c1-4-5-6-7-8-11-23-12-9-10-13-24(23)14-17-27(30)26-16-15-25(33-19-18-22(2)3)20-28(26)34-21-29(31)32/h9-10,12-18,20H,4-8,11,19,21H2,1-3H3,(H,31,32). The van der Waals surface area contributed by atoms with Crippen LogP contribution < -0.4 is 9.47 Å². The van der Waals surface area contributed by atoms with Crippen LogP contribution in [0.1, 0.15) is 74.4 Å². The van der Waals surface area contributed by atoms with E-state index in [0.717, 1.165) is 24.0 Å². The third-order valence-corrected chi connectivity index (χ3v) is 5.33. The van der Waals surface area contributed by atoms with Crippen molar-refractivity contribution in [2.45, 2.75) is 59.3 Å². The van der Waals surface area contributed by atoms with Crippen molar-refractivity contribution in [2.75, 3.05) is 13.2 Å². The van der Waals surface area contributed by atoms with E-state index in [2.05, 4.69) is 13.0 Å². The predicted molar refractivity (Wildman–Crippen MR) is 137 cm³/mol. The lowest BCUT2D eigenvalue weighted by Gasteiger charge is -2.11. The zero-order valence-corrected chi connectivity index (χ0v) is 20.5. The molecule has 5 nitrogen and oxygen atoms in total. The van der Waals surface area contributed by atoms with Gasteiger partial charge in [-0.05, 0) is 62.1 Å². The van der Waals surface area contributed by atoms with Gasteiger partial charge < -0.3 is 14.6 Å². The van der Waals surface area contributed by atoms with Crippen LogP contribution in [0.2, 0.25) is 0 Å². The van der Waals surface area contributed by atoms with E-state index in [-0.39, 0.29) is 11.5 Å². The summed E-state index contributed by atoms with van der Waals surface area (Å²) >= 11 is 0. The first kappa shape index (κ1) is 26.9. The zero-order chi connectivity index (χ0) is 24.8. The molecule has 0 aliphatic carbocycles. The number of ketones is 1. The average molecular weight is 465 g/mol. The molecule has 0 unspecified atom stereocenters. The van der Waals surface area contributed by atoms with Crippen LogP contribution in [0.5, 0.6) is 11.5 Å². The molecule has 182 valence electrons. The normalized spacial score (nSPS) is 10.8. The molecule has 2 rings (SSSR count). The molecule has 2 aromatic carbocycles. The van der Waals surface area contributed by atoms with Crippen LogP contribution in [-0.4, -0.2) is 30.1 Å². The number of ether oxygens (including phenoxy) is 2. The lowest BCUT2D eigenvalue weighted by Crippen LogP contribution is -2.12. The molecule has 5 heteroatoms. The average Bonchev–Trinajstić information content (AvgIpc) is 2.81. The molecule has 0 saturated carbocycles. The van der Waals surface area contributed by atoms with E-state index < -0.39 is 12.6 Å². The van der Waals surface area contributed by atoms with Crippen molar-refractivity contribution >= 4 is 17.8 Å². The summed E-state index contributed by atoms with van der Waals surface area (Å²) in [5.74, 6) is -0.672. The zero-order valence-electron chi connectivity index (χ0n) is 20.5. The van der Waals surface area contributed by atoms with Crippen molar-refractivity contribution in [1.82, 2.24) is 0 Å². The van der Waals surface area contributed by atoms with Crippen LogP contribution >= 0.6 is 0 Å². The number of carboxylic acid groups (broad SMARTS) is 1. The number of carbonyl (C=O) groups is 2. The fourth-order valence-electron chi connectivity index (χ4n) is 3.46. The molecule has 0 radical (unpaired) electrons. The second kappa shape index (κ2) is 14.7. The van der Waals surface area contributed by atoms with Crippen molar-refractivity contribution in [2.24, 2.45) is 0 Å². The molecule has 2 aromatic rings. The van der Waals surface area contributed by atoms with Crippen molar-refractivity contribution in [3.8, 4) is 11.5 Å². The molecule has 0 aliphatic heterocycles. The number of allylic oxidation sites excluding steroid dienone is 2. The van der Waals surface area contributed by atoms with Gasteiger partial charge in [-0.2, -0.15) is 0 Å². The Hall–Kier alpha value is -3.34. The first-order valence-electron chi connectivity index (χ1n) is 12.0. The van der Waals surface area contributed by atoms with E-state index in [1.165, 1.54) is 37.3 Å². The minimum absolute atomic E-state index is 0.191. The van der Waals surface area contributed by atoms with E-state index in [1.807, 2.05) is 44.2 Å². The van der Waals surface area contributed by atoms with Crippen LogP contribution in [0.4, 0.5) is 0 Å². The van der Waals surface area contributed by atoms with Gasteiger partial charge in [0.1, 0.15) is 18.1 Å². The smallest absolute Gasteiger partial charge is 0.341 e. The van der Waals surface area contributed by atoms with E-state index >= 15 is 0 Å². The molecule has 0 heterocycles. The Kier molecular flexibility index (Phi) is 11.7. The minimum Gasteiger partial charge on any atom is -0.489 e. The number of aliphatic carboxylic acids is 1. The second-order valence-electron chi connectivity index (χ2n) is 8.49. The van der Waals surface area contributed by atoms with Gasteiger partial charge in [-0.3, -0.25) is 4.79 Å². The monoisotopic (exact) mass is 464 g/mol. The fourth-order valence-corrected chi connectivity index (χ4v) is 3.46. The topological polar surface area (TPSA) is 72.8 Å². The highest BCUT2D eigenvalue weighted by Gasteiger charge is 2.13. The van der Waals surface area contributed by atoms with Gasteiger partial charge in [-0.25, -0.2) is 4.79 Å². The van der Waals surface area contributed by atoms with Gasteiger partial charge in [0.05, 0.1) is 5.56 Å². The van der Waals surface area contributed by atoms with Crippen LogP contribution in [-0.2, 0) is 11.2 Å². The summed E-state index contributed by atoms with van der Waals surface area (Å²) in [6.07, 6.45) is 12.3. The third kappa shape index (κ3) is 9.65. The maximum Gasteiger partial charge on any atom is 0.341 e. The highest BCUT2D eigenvalue weighted by atomic mass is 16.5. The lowest BCUT2D eigenvalue weighted by atomic mass is 9.99. The Morgan fingerprint density at radius 2 is 1.74 bits per heavy atom. The summed E-state index contributed by atoms with van der Waals surface area (Å²) in [4.78, 5) is 24.0. The first-order valence-corrected chi connectivity index (χ1v) is 12.0. The molecule has 0 spiro atoms. The molecule has 0 aliphatic rings. The Morgan fingerprint density at radius 1 is 0.971 bits per heavy atom. The summed E-state index contributed by atoms with van der Waals surface area (Å²) in [6, 6.07) is 13.0. The third-order valence-electron chi connectivity index (χ3n) is 5.33. The molecule has 0 fully saturated rings. The maximum atomic E-state index is 13.0. The van der Waals surface area contributed by atoms with Gasteiger partial charge >= 0.3 is 5.97 Å². The van der Waals surface area contributed by atoms with E-state index in [1.54, 1.807) is 18.2 Å². The van der Waals surface area contributed by atoms with Crippen molar-refractivity contribution in [3.63, 3.8) is 0 Å². The maximum absolute atomic E-state index is 13.0. The summed E-state index contributed by atoms with van der Waals surface area (Å²) in [5.41, 5.74) is 3.65. The fraction of sp³-hybridized carbons (Fsp3) is 0.379. The predicted octanol–water partition coefficient (Wildman–Crippen LogP) is 6.90. The lowest BCUT2D eigenvalue weighted by molar-refractivity contribution is -0.139. The number of hydrogen-bond acceptors (Lipinski definition) is 4. The number of hydrogen-bond donors (Lipinski definition) is 1. The number of carboxylic acids is 1. The SMILES string of the molecule is CCCCCCCc1ccccc1C=CC(=O)c1ccc(OCC=C(C)C)cc1OCC(=O)O. The molecule has 0 bridgehead atoms. The number of benzene rings is 2.